The van der Waals surface area contributed by atoms with E-state index in [1.165, 1.54) is 11.5 Å². The lowest BCUT2D eigenvalue weighted by atomic mass is 10.1. The standard InChI is InChI=1S/C11H12N2O2S/c1-14-7-3-4-10(15-2)8(5-7)9-6-11(12)16-13-9/h3-6H,12H2,1-2H3. The molecule has 0 bridgehead atoms. The second-order valence-electron chi connectivity index (χ2n) is 3.18. The Balaban J connectivity index is 2.52. The molecule has 0 saturated carbocycles. The average molecular weight is 236 g/mol. The number of rotatable bonds is 3. The third kappa shape index (κ3) is 1.94. The van der Waals surface area contributed by atoms with Crippen molar-refractivity contribution < 1.29 is 9.47 Å². The molecule has 0 atom stereocenters. The molecule has 0 saturated heterocycles. The molecule has 2 N–H and O–H groups in total. The van der Waals surface area contributed by atoms with Gasteiger partial charge >= 0.3 is 0 Å². The summed E-state index contributed by atoms with van der Waals surface area (Å²) in [7, 11) is 3.25. The van der Waals surface area contributed by atoms with E-state index in [0.29, 0.717) is 5.00 Å². The van der Waals surface area contributed by atoms with Gasteiger partial charge in [0.2, 0.25) is 0 Å². The van der Waals surface area contributed by atoms with Gasteiger partial charge < -0.3 is 15.2 Å². The van der Waals surface area contributed by atoms with E-state index in [2.05, 4.69) is 4.37 Å². The molecule has 0 fully saturated rings. The summed E-state index contributed by atoms with van der Waals surface area (Å²) in [6.07, 6.45) is 0. The van der Waals surface area contributed by atoms with Gasteiger partial charge in [0.15, 0.2) is 0 Å². The van der Waals surface area contributed by atoms with Crippen LogP contribution in [0.3, 0.4) is 0 Å². The number of methoxy groups -OCH3 is 2. The maximum Gasteiger partial charge on any atom is 0.128 e. The van der Waals surface area contributed by atoms with Crippen LogP contribution >= 0.6 is 11.5 Å². The summed E-state index contributed by atoms with van der Waals surface area (Å²) >= 11 is 1.26. The van der Waals surface area contributed by atoms with Gasteiger partial charge in [0.1, 0.15) is 16.5 Å². The summed E-state index contributed by atoms with van der Waals surface area (Å²) < 4.78 is 14.7. The molecule has 0 unspecified atom stereocenters. The third-order valence-corrected chi connectivity index (χ3v) is 2.83. The average Bonchev–Trinajstić information content (AvgIpc) is 2.75. The van der Waals surface area contributed by atoms with Crippen molar-refractivity contribution in [3.63, 3.8) is 0 Å². The molecule has 16 heavy (non-hydrogen) atoms. The molecule has 4 nitrogen and oxygen atoms in total. The van der Waals surface area contributed by atoms with Crippen LogP contribution in [0.1, 0.15) is 0 Å². The van der Waals surface area contributed by atoms with E-state index in [9.17, 15) is 0 Å². The summed E-state index contributed by atoms with van der Waals surface area (Å²) in [5.41, 5.74) is 7.35. The van der Waals surface area contributed by atoms with Crippen molar-refractivity contribution in [1.29, 1.82) is 0 Å². The molecule has 2 rings (SSSR count). The first kappa shape index (κ1) is 10.8. The van der Waals surface area contributed by atoms with Gasteiger partial charge in [0.25, 0.3) is 0 Å². The maximum absolute atomic E-state index is 5.66. The molecule has 5 heteroatoms. The van der Waals surface area contributed by atoms with E-state index in [1.54, 1.807) is 14.2 Å². The summed E-state index contributed by atoms with van der Waals surface area (Å²) in [6.45, 7) is 0. The van der Waals surface area contributed by atoms with Gasteiger partial charge in [-0.2, -0.15) is 4.37 Å². The summed E-state index contributed by atoms with van der Waals surface area (Å²) in [5, 5.41) is 0.680. The Hall–Kier alpha value is -1.75. The highest BCUT2D eigenvalue weighted by molar-refractivity contribution is 7.10. The number of anilines is 1. The van der Waals surface area contributed by atoms with Gasteiger partial charge in [-0.25, -0.2) is 0 Å². The van der Waals surface area contributed by atoms with E-state index in [4.69, 9.17) is 15.2 Å². The molecule has 1 heterocycles. The Bertz CT molecular complexity index is 496. The lowest BCUT2D eigenvalue weighted by Gasteiger charge is -2.08. The van der Waals surface area contributed by atoms with Gasteiger partial charge in [-0.15, -0.1) is 0 Å². The number of hydrogen-bond acceptors (Lipinski definition) is 5. The van der Waals surface area contributed by atoms with Crippen LogP contribution in [0.4, 0.5) is 5.00 Å². The van der Waals surface area contributed by atoms with Crippen LogP contribution in [-0.4, -0.2) is 18.6 Å². The van der Waals surface area contributed by atoms with Crippen molar-refractivity contribution in [2.24, 2.45) is 0 Å². The Morgan fingerprint density at radius 2 is 2.00 bits per heavy atom. The predicted octanol–water partition coefficient (Wildman–Crippen LogP) is 2.41. The summed E-state index contributed by atoms with van der Waals surface area (Å²) in [6, 6.07) is 7.40. The Labute approximate surface area is 97.8 Å². The van der Waals surface area contributed by atoms with Crippen LogP contribution in [0.5, 0.6) is 11.5 Å². The first-order valence-corrected chi connectivity index (χ1v) is 5.46. The third-order valence-electron chi connectivity index (χ3n) is 2.21. The Morgan fingerprint density at radius 3 is 2.56 bits per heavy atom. The molecular formula is C11H12N2O2S. The van der Waals surface area contributed by atoms with Crippen LogP contribution in [0.25, 0.3) is 11.3 Å². The van der Waals surface area contributed by atoms with Crippen molar-refractivity contribution in [1.82, 2.24) is 4.37 Å². The molecule has 0 aliphatic heterocycles. The Morgan fingerprint density at radius 1 is 1.19 bits per heavy atom. The zero-order valence-corrected chi connectivity index (χ0v) is 9.88. The van der Waals surface area contributed by atoms with Crippen LogP contribution in [0.15, 0.2) is 24.3 Å². The maximum atomic E-state index is 5.66. The number of nitrogen functional groups attached to an aromatic ring is 1. The first-order valence-electron chi connectivity index (χ1n) is 4.69. The van der Waals surface area contributed by atoms with Crippen LogP contribution < -0.4 is 15.2 Å². The molecule has 0 spiro atoms. The highest BCUT2D eigenvalue weighted by atomic mass is 32.1. The van der Waals surface area contributed by atoms with Crippen LogP contribution in [-0.2, 0) is 0 Å². The highest BCUT2D eigenvalue weighted by Gasteiger charge is 2.10. The molecule has 0 aliphatic rings. The van der Waals surface area contributed by atoms with Gasteiger partial charge in [0, 0.05) is 11.6 Å². The van der Waals surface area contributed by atoms with Crippen molar-refractivity contribution in [3.05, 3.63) is 24.3 Å². The highest BCUT2D eigenvalue weighted by Crippen LogP contribution is 2.34. The fourth-order valence-corrected chi connectivity index (χ4v) is 1.95. The van der Waals surface area contributed by atoms with E-state index in [0.717, 1.165) is 22.8 Å². The van der Waals surface area contributed by atoms with Crippen molar-refractivity contribution >= 4 is 16.5 Å². The van der Waals surface area contributed by atoms with E-state index >= 15 is 0 Å². The summed E-state index contributed by atoms with van der Waals surface area (Å²) in [5.74, 6) is 1.52. The van der Waals surface area contributed by atoms with Gasteiger partial charge in [0.05, 0.1) is 19.9 Å². The molecule has 0 radical (unpaired) electrons. The van der Waals surface area contributed by atoms with Crippen molar-refractivity contribution in [2.45, 2.75) is 0 Å². The van der Waals surface area contributed by atoms with Gasteiger partial charge in [-0.05, 0) is 29.7 Å². The predicted molar refractivity (Wildman–Crippen MR) is 65.1 cm³/mol. The number of benzene rings is 1. The molecule has 2 aromatic rings. The summed E-state index contributed by atoms with van der Waals surface area (Å²) in [4.78, 5) is 0. The number of ether oxygens (including phenoxy) is 2. The lowest BCUT2D eigenvalue weighted by molar-refractivity contribution is 0.404. The number of nitrogens with two attached hydrogens (primary N) is 1. The minimum atomic E-state index is 0.680. The van der Waals surface area contributed by atoms with Gasteiger partial charge in [-0.3, -0.25) is 0 Å². The second-order valence-corrected chi connectivity index (χ2v) is 4.02. The molecule has 0 aliphatic carbocycles. The largest absolute Gasteiger partial charge is 0.497 e. The second kappa shape index (κ2) is 4.40. The fraction of sp³-hybridized carbons (Fsp3) is 0.182. The fourth-order valence-electron chi connectivity index (χ4n) is 1.43. The normalized spacial score (nSPS) is 10.1. The number of nitrogens with zero attached hydrogens (tertiary/aromatic N) is 1. The molecular weight excluding hydrogens is 224 g/mol. The zero-order valence-electron chi connectivity index (χ0n) is 9.06. The van der Waals surface area contributed by atoms with E-state index < -0.39 is 0 Å². The quantitative estimate of drug-likeness (QED) is 0.889. The number of aromatic nitrogens is 1. The SMILES string of the molecule is COc1ccc(OC)c(-c2cc(N)sn2)c1. The topological polar surface area (TPSA) is 57.4 Å². The van der Waals surface area contributed by atoms with Crippen molar-refractivity contribution in [2.75, 3.05) is 20.0 Å². The molecule has 0 amide bonds. The molecule has 1 aromatic carbocycles. The lowest BCUT2D eigenvalue weighted by Crippen LogP contribution is -1.90. The van der Waals surface area contributed by atoms with E-state index in [-0.39, 0.29) is 0 Å². The zero-order chi connectivity index (χ0) is 11.5. The minimum Gasteiger partial charge on any atom is -0.497 e. The number of hydrogen-bond donors (Lipinski definition) is 1. The van der Waals surface area contributed by atoms with Crippen molar-refractivity contribution in [3.8, 4) is 22.8 Å². The Kier molecular flexibility index (Phi) is 2.96. The smallest absolute Gasteiger partial charge is 0.128 e. The minimum absolute atomic E-state index is 0.680. The molecule has 84 valence electrons. The van der Waals surface area contributed by atoms with Crippen LogP contribution in [0.2, 0.25) is 0 Å². The molecule has 1 aromatic heterocycles. The first-order chi connectivity index (χ1) is 7.74. The monoisotopic (exact) mass is 236 g/mol. The van der Waals surface area contributed by atoms with E-state index in [1.807, 2.05) is 24.3 Å². The van der Waals surface area contributed by atoms with Crippen LogP contribution in [0, 0.1) is 0 Å². The van der Waals surface area contributed by atoms with Gasteiger partial charge in [-0.1, -0.05) is 0 Å².